The van der Waals surface area contributed by atoms with E-state index >= 15 is 0 Å². The molecule has 3 rings (SSSR count). The SMILES string of the molecule is O=C(C=Cc1ccc(S(=O)(=O)N2CCOCC2)cc1)NC(=S)NC1CCC(O)CC1. The number of hydrogen-bond acceptors (Lipinski definition) is 6. The maximum absolute atomic E-state index is 12.6. The van der Waals surface area contributed by atoms with Crippen LogP contribution in [0.3, 0.4) is 0 Å². The predicted molar refractivity (Wildman–Crippen MR) is 117 cm³/mol. The normalized spacial score (nSPS) is 23.2. The van der Waals surface area contributed by atoms with Gasteiger partial charge in [0.15, 0.2) is 5.11 Å². The van der Waals surface area contributed by atoms with Gasteiger partial charge < -0.3 is 15.2 Å². The van der Waals surface area contributed by atoms with Gasteiger partial charge in [0.2, 0.25) is 15.9 Å². The Morgan fingerprint density at radius 1 is 1.13 bits per heavy atom. The third-order valence-corrected chi connectivity index (χ3v) is 7.32. The molecule has 1 aromatic carbocycles. The molecule has 8 nitrogen and oxygen atoms in total. The van der Waals surface area contributed by atoms with Gasteiger partial charge in [-0.05, 0) is 61.7 Å². The number of sulfonamides is 1. The molecule has 1 aliphatic heterocycles. The first-order chi connectivity index (χ1) is 14.3. The van der Waals surface area contributed by atoms with Gasteiger partial charge in [0.25, 0.3) is 0 Å². The first-order valence-corrected chi connectivity index (χ1v) is 11.8. The fourth-order valence-electron chi connectivity index (χ4n) is 3.45. The summed E-state index contributed by atoms with van der Waals surface area (Å²) in [6.45, 7) is 1.49. The molecule has 10 heteroatoms. The topological polar surface area (TPSA) is 108 Å². The maximum atomic E-state index is 12.6. The lowest BCUT2D eigenvalue weighted by molar-refractivity contribution is -0.115. The summed E-state index contributed by atoms with van der Waals surface area (Å²) in [5.74, 6) is -0.367. The zero-order chi connectivity index (χ0) is 21.6. The van der Waals surface area contributed by atoms with Crippen LogP contribution < -0.4 is 10.6 Å². The molecule has 2 aliphatic rings. The molecule has 2 fully saturated rings. The Hall–Kier alpha value is -1.85. The molecule has 0 unspecified atom stereocenters. The van der Waals surface area contributed by atoms with E-state index < -0.39 is 10.0 Å². The third kappa shape index (κ3) is 6.32. The summed E-state index contributed by atoms with van der Waals surface area (Å²) >= 11 is 5.17. The number of carbonyl (C=O) groups is 1. The number of rotatable bonds is 5. The highest BCUT2D eigenvalue weighted by Crippen LogP contribution is 2.19. The van der Waals surface area contributed by atoms with Crippen LogP contribution in [0.5, 0.6) is 0 Å². The highest BCUT2D eigenvalue weighted by atomic mass is 32.2. The quantitative estimate of drug-likeness (QED) is 0.451. The molecular formula is C20H27N3O5S2. The molecule has 3 N–H and O–H groups in total. The summed E-state index contributed by atoms with van der Waals surface area (Å²) in [6.07, 6.45) is 5.78. The number of morpholine rings is 1. The van der Waals surface area contributed by atoms with Crippen molar-refractivity contribution in [3.63, 3.8) is 0 Å². The minimum Gasteiger partial charge on any atom is -0.393 e. The molecule has 1 saturated heterocycles. The number of nitrogens with one attached hydrogen (secondary N) is 2. The lowest BCUT2D eigenvalue weighted by Gasteiger charge is -2.27. The molecule has 30 heavy (non-hydrogen) atoms. The van der Waals surface area contributed by atoms with Crippen LogP contribution >= 0.6 is 12.2 Å². The number of aliphatic hydroxyl groups is 1. The van der Waals surface area contributed by atoms with Gasteiger partial charge in [-0.3, -0.25) is 10.1 Å². The highest BCUT2D eigenvalue weighted by Gasteiger charge is 2.26. The van der Waals surface area contributed by atoms with Gasteiger partial charge in [0.1, 0.15) is 0 Å². The van der Waals surface area contributed by atoms with Crippen LogP contribution in [0, 0.1) is 0 Å². The van der Waals surface area contributed by atoms with Gasteiger partial charge in [-0.25, -0.2) is 8.42 Å². The molecule has 0 radical (unpaired) electrons. The van der Waals surface area contributed by atoms with Crippen LogP contribution in [-0.4, -0.2) is 67.3 Å². The van der Waals surface area contributed by atoms with Crippen molar-refractivity contribution in [2.24, 2.45) is 0 Å². The Morgan fingerprint density at radius 2 is 1.77 bits per heavy atom. The molecule has 1 aromatic rings. The van der Waals surface area contributed by atoms with Crippen molar-refractivity contribution in [3.05, 3.63) is 35.9 Å². The molecule has 0 bridgehead atoms. The Morgan fingerprint density at radius 3 is 2.40 bits per heavy atom. The van der Waals surface area contributed by atoms with E-state index in [0.717, 1.165) is 25.7 Å². The third-order valence-electron chi connectivity index (χ3n) is 5.18. The second-order valence-corrected chi connectivity index (χ2v) is 9.73. The molecule has 1 amide bonds. The second kappa shape index (κ2) is 10.5. The van der Waals surface area contributed by atoms with Crippen molar-refractivity contribution in [2.75, 3.05) is 26.3 Å². The zero-order valence-electron chi connectivity index (χ0n) is 16.6. The van der Waals surface area contributed by atoms with E-state index in [9.17, 15) is 18.3 Å². The summed E-state index contributed by atoms with van der Waals surface area (Å²) in [5.41, 5.74) is 0.700. The Bertz CT molecular complexity index is 872. The molecule has 164 valence electrons. The number of aliphatic hydroxyl groups excluding tert-OH is 1. The molecular weight excluding hydrogens is 426 g/mol. The van der Waals surface area contributed by atoms with Crippen molar-refractivity contribution in [2.45, 2.75) is 42.7 Å². The maximum Gasteiger partial charge on any atom is 0.250 e. The van der Waals surface area contributed by atoms with Gasteiger partial charge in [0.05, 0.1) is 24.2 Å². The summed E-state index contributed by atoms with van der Waals surface area (Å²) in [5, 5.41) is 15.5. The lowest BCUT2D eigenvalue weighted by Crippen LogP contribution is -2.45. The van der Waals surface area contributed by atoms with Crippen molar-refractivity contribution in [3.8, 4) is 0 Å². The number of carbonyl (C=O) groups excluding carboxylic acids is 1. The van der Waals surface area contributed by atoms with Gasteiger partial charge in [-0.1, -0.05) is 12.1 Å². The molecule has 1 heterocycles. The van der Waals surface area contributed by atoms with E-state index in [4.69, 9.17) is 17.0 Å². The van der Waals surface area contributed by atoms with Gasteiger partial charge in [-0.15, -0.1) is 0 Å². The minimum atomic E-state index is -3.53. The zero-order valence-corrected chi connectivity index (χ0v) is 18.3. The van der Waals surface area contributed by atoms with Gasteiger partial charge in [0, 0.05) is 25.2 Å². The van der Waals surface area contributed by atoms with Crippen LogP contribution in [0.15, 0.2) is 35.2 Å². The lowest BCUT2D eigenvalue weighted by atomic mass is 9.93. The number of nitrogens with zero attached hydrogens (tertiary/aromatic N) is 1. The predicted octanol–water partition coefficient (Wildman–Crippen LogP) is 1.01. The Kier molecular flexibility index (Phi) is 7.95. The fourth-order valence-corrected chi connectivity index (χ4v) is 5.13. The van der Waals surface area contributed by atoms with Crippen LogP contribution in [0.25, 0.3) is 6.08 Å². The number of hydrogen-bond donors (Lipinski definition) is 3. The highest BCUT2D eigenvalue weighted by molar-refractivity contribution is 7.89. The Labute approximate surface area is 182 Å². The van der Waals surface area contributed by atoms with Crippen molar-refractivity contribution in [1.29, 1.82) is 0 Å². The average Bonchev–Trinajstić information content (AvgIpc) is 2.75. The monoisotopic (exact) mass is 453 g/mol. The van der Waals surface area contributed by atoms with E-state index in [1.807, 2.05) is 0 Å². The summed E-state index contributed by atoms with van der Waals surface area (Å²) in [6, 6.07) is 6.53. The standard InChI is InChI=1S/C20H27N3O5S2/c24-17-6-4-16(5-7-17)21-20(29)22-19(25)10-3-15-1-8-18(9-2-15)30(26,27)23-11-13-28-14-12-23/h1-3,8-10,16-17,24H,4-7,11-14H2,(H2,21,22,25,29). The molecule has 1 aliphatic carbocycles. The fraction of sp³-hybridized carbons (Fsp3) is 0.500. The van der Waals surface area contributed by atoms with Crippen LogP contribution in [0.1, 0.15) is 31.2 Å². The smallest absolute Gasteiger partial charge is 0.250 e. The van der Waals surface area contributed by atoms with Crippen molar-refractivity contribution >= 4 is 39.3 Å². The minimum absolute atomic E-state index is 0.158. The second-order valence-electron chi connectivity index (χ2n) is 7.39. The summed E-state index contributed by atoms with van der Waals surface area (Å²) in [7, 11) is -3.53. The number of benzene rings is 1. The largest absolute Gasteiger partial charge is 0.393 e. The first-order valence-electron chi connectivity index (χ1n) is 10.0. The van der Waals surface area contributed by atoms with E-state index in [-0.39, 0.29) is 28.1 Å². The summed E-state index contributed by atoms with van der Waals surface area (Å²) in [4.78, 5) is 12.3. The van der Waals surface area contributed by atoms with E-state index in [1.165, 1.54) is 22.5 Å². The average molecular weight is 454 g/mol. The van der Waals surface area contributed by atoms with E-state index in [0.29, 0.717) is 31.9 Å². The molecule has 0 aromatic heterocycles. The van der Waals surface area contributed by atoms with Gasteiger partial charge >= 0.3 is 0 Å². The van der Waals surface area contributed by atoms with Gasteiger partial charge in [-0.2, -0.15) is 4.31 Å². The van der Waals surface area contributed by atoms with Crippen LogP contribution in [0.2, 0.25) is 0 Å². The first kappa shape index (κ1) is 22.8. The molecule has 0 spiro atoms. The van der Waals surface area contributed by atoms with Crippen LogP contribution in [0.4, 0.5) is 0 Å². The van der Waals surface area contributed by atoms with E-state index in [1.54, 1.807) is 18.2 Å². The number of ether oxygens (including phenoxy) is 1. The van der Waals surface area contributed by atoms with Crippen molar-refractivity contribution < 1.29 is 23.1 Å². The van der Waals surface area contributed by atoms with E-state index in [2.05, 4.69) is 10.6 Å². The molecule has 1 saturated carbocycles. The number of thiocarbonyl (C=S) groups is 1. The summed E-state index contributed by atoms with van der Waals surface area (Å²) < 4.78 is 31.9. The Balaban J connectivity index is 1.50. The van der Waals surface area contributed by atoms with Crippen molar-refractivity contribution in [1.82, 2.24) is 14.9 Å². The number of amides is 1. The molecule has 0 atom stereocenters. The van der Waals surface area contributed by atoms with Crippen LogP contribution in [-0.2, 0) is 19.6 Å².